The molecule has 2 nitrogen and oxygen atoms in total. The first kappa shape index (κ1) is 8.23. The second kappa shape index (κ2) is 3.50. The van der Waals surface area contributed by atoms with Gasteiger partial charge in [-0.3, -0.25) is 0 Å². The van der Waals surface area contributed by atoms with Crippen molar-refractivity contribution in [2.75, 3.05) is 0 Å². The molecule has 58 valence electrons. The highest BCUT2D eigenvalue weighted by molar-refractivity contribution is 5.33. The van der Waals surface area contributed by atoms with Gasteiger partial charge < -0.3 is 0 Å². The molecule has 0 fully saturated rings. The summed E-state index contributed by atoms with van der Waals surface area (Å²) in [7, 11) is 0. The first-order valence-electron chi connectivity index (χ1n) is 3.27. The molecule has 0 bridgehead atoms. The maximum atomic E-state index is 12.6. The fraction of sp³-hybridized carbons (Fsp3) is 0.111. The Balaban J connectivity index is 3.07. The lowest BCUT2D eigenvalue weighted by atomic mass is 10.3. The van der Waals surface area contributed by atoms with Crippen molar-refractivity contribution in [2.24, 2.45) is 0 Å². The standard InChI is InChI=1S/C9H5FN2/c1-7-9(10)5-4-8(12-7)3-2-6-11/h4-5H,1H3. The van der Waals surface area contributed by atoms with Gasteiger partial charge in [-0.05, 0) is 25.0 Å². The molecule has 0 aromatic carbocycles. The van der Waals surface area contributed by atoms with Crippen LogP contribution in [-0.4, -0.2) is 4.98 Å². The smallest absolute Gasteiger partial charge is 0.152 e. The van der Waals surface area contributed by atoms with Gasteiger partial charge in [0.2, 0.25) is 0 Å². The second-order valence-electron chi connectivity index (χ2n) is 2.13. The largest absolute Gasteiger partial charge is 0.242 e. The Morgan fingerprint density at radius 2 is 2.25 bits per heavy atom. The molecule has 0 amide bonds. The number of hydrogen-bond donors (Lipinski definition) is 0. The van der Waals surface area contributed by atoms with Crippen LogP contribution >= 0.6 is 0 Å². The number of hydrogen-bond acceptors (Lipinski definition) is 2. The third-order valence-corrected chi connectivity index (χ3v) is 1.27. The van der Waals surface area contributed by atoms with Gasteiger partial charge in [0.05, 0.1) is 5.69 Å². The van der Waals surface area contributed by atoms with E-state index in [0.717, 1.165) is 0 Å². The molecule has 0 unspecified atom stereocenters. The Bertz CT molecular complexity index is 393. The summed E-state index contributed by atoms with van der Waals surface area (Å²) in [5.41, 5.74) is 0.704. The SMILES string of the molecule is Cc1nc(C#CC#N)ccc1F. The van der Waals surface area contributed by atoms with Crippen LogP contribution in [0.3, 0.4) is 0 Å². The molecule has 12 heavy (non-hydrogen) atoms. The number of nitrogens with zero attached hydrogens (tertiary/aromatic N) is 2. The Morgan fingerprint density at radius 3 is 2.83 bits per heavy atom. The maximum Gasteiger partial charge on any atom is 0.152 e. The molecule has 0 saturated heterocycles. The van der Waals surface area contributed by atoms with Crippen molar-refractivity contribution in [3.8, 4) is 17.9 Å². The third-order valence-electron chi connectivity index (χ3n) is 1.27. The van der Waals surface area contributed by atoms with Gasteiger partial charge in [-0.1, -0.05) is 0 Å². The van der Waals surface area contributed by atoms with Crippen molar-refractivity contribution in [1.82, 2.24) is 4.98 Å². The summed E-state index contributed by atoms with van der Waals surface area (Å²) in [5.74, 6) is 4.29. The fourth-order valence-corrected chi connectivity index (χ4v) is 0.706. The van der Waals surface area contributed by atoms with Crippen molar-refractivity contribution in [3.63, 3.8) is 0 Å². The number of pyridine rings is 1. The molecule has 1 heterocycles. The van der Waals surface area contributed by atoms with Crippen molar-refractivity contribution < 1.29 is 4.39 Å². The van der Waals surface area contributed by atoms with E-state index in [1.165, 1.54) is 12.1 Å². The van der Waals surface area contributed by atoms with Crippen LogP contribution in [0.2, 0.25) is 0 Å². The molecule has 1 aromatic heterocycles. The molecule has 0 spiro atoms. The molecule has 0 aliphatic heterocycles. The average molecular weight is 160 g/mol. The first-order chi connectivity index (χ1) is 5.74. The summed E-state index contributed by atoms with van der Waals surface area (Å²) in [5, 5.41) is 8.13. The zero-order valence-corrected chi connectivity index (χ0v) is 6.43. The Labute approximate surface area is 69.7 Å². The Hall–Kier alpha value is -1.87. The maximum absolute atomic E-state index is 12.6. The lowest BCUT2D eigenvalue weighted by molar-refractivity contribution is 0.609. The normalized spacial score (nSPS) is 8.08. The number of halogens is 1. The fourth-order valence-electron chi connectivity index (χ4n) is 0.706. The van der Waals surface area contributed by atoms with E-state index < -0.39 is 0 Å². The van der Waals surface area contributed by atoms with Crippen molar-refractivity contribution in [2.45, 2.75) is 6.92 Å². The molecular formula is C9H5FN2. The topological polar surface area (TPSA) is 36.7 Å². The lowest BCUT2D eigenvalue weighted by Gasteiger charge is -1.93. The minimum atomic E-state index is -0.363. The molecule has 1 rings (SSSR count). The Kier molecular flexibility index (Phi) is 2.40. The zero-order valence-electron chi connectivity index (χ0n) is 6.43. The number of aryl methyl sites for hydroxylation is 1. The van der Waals surface area contributed by atoms with Gasteiger partial charge in [0.15, 0.2) is 6.07 Å². The highest BCUT2D eigenvalue weighted by Crippen LogP contribution is 2.02. The van der Waals surface area contributed by atoms with E-state index in [4.69, 9.17) is 5.26 Å². The van der Waals surface area contributed by atoms with Crippen LogP contribution in [0.25, 0.3) is 0 Å². The molecule has 0 N–H and O–H groups in total. The van der Waals surface area contributed by atoms with E-state index in [2.05, 4.69) is 16.8 Å². The second-order valence-corrected chi connectivity index (χ2v) is 2.13. The minimum Gasteiger partial charge on any atom is -0.242 e. The van der Waals surface area contributed by atoms with E-state index in [-0.39, 0.29) is 5.82 Å². The van der Waals surface area contributed by atoms with Gasteiger partial charge in [0.1, 0.15) is 11.5 Å². The molecule has 3 heteroatoms. The van der Waals surface area contributed by atoms with Crippen molar-refractivity contribution in [1.29, 1.82) is 5.26 Å². The van der Waals surface area contributed by atoms with E-state index in [9.17, 15) is 4.39 Å². The summed E-state index contributed by atoms with van der Waals surface area (Å²) in [4.78, 5) is 3.81. The molecule has 0 aliphatic rings. The van der Waals surface area contributed by atoms with Gasteiger partial charge in [0, 0.05) is 5.92 Å². The van der Waals surface area contributed by atoms with Crippen LogP contribution in [0.5, 0.6) is 0 Å². The predicted octanol–water partition coefficient (Wildman–Crippen LogP) is 1.40. The van der Waals surface area contributed by atoms with E-state index in [1.807, 2.05) is 0 Å². The van der Waals surface area contributed by atoms with Gasteiger partial charge in [-0.25, -0.2) is 9.37 Å². The van der Waals surface area contributed by atoms with E-state index in [0.29, 0.717) is 11.4 Å². The van der Waals surface area contributed by atoms with Crippen LogP contribution in [0.15, 0.2) is 12.1 Å². The summed E-state index contributed by atoms with van der Waals surface area (Å²) < 4.78 is 12.6. The summed E-state index contributed by atoms with van der Waals surface area (Å²) in [6.07, 6.45) is 0. The van der Waals surface area contributed by atoms with Crippen LogP contribution < -0.4 is 0 Å². The summed E-state index contributed by atoms with van der Waals surface area (Å²) in [6.45, 7) is 1.55. The number of aromatic nitrogens is 1. The van der Waals surface area contributed by atoms with Gasteiger partial charge in [-0.2, -0.15) is 5.26 Å². The third kappa shape index (κ3) is 1.81. The molecule has 0 radical (unpaired) electrons. The predicted molar refractivity (Wildman–Crippen MR) is 41.4 cm³/mol. The zero-order chi connectivity index (χ0) is 8.97. The van der Waals surface area contributed by atoms with Crippen LogP contribution in [0.1, 0.15) is 11.4 Å². The number of rotatable bonds is 0. The molecule has 0 saturated carbocycles. The van der Waals surface area contributed by atoms with Gasteiger partial charge in [-0.15, -0.1) is 0 Å². The van der Waals surface area contributed by atoms with Gasteiger partial charge >= 0.3 is 0 Å². The van der Waals surface area contributed by atoms with Gasteiger partial charge in [0.25, 0.3) is 0 Å². The van der Waals surface area contributed by atoms with Crippen LogP contribution in [0.4, 0.5) is 4.39 Å². The van der Waals surface area contributed by atoms with E-state index >= 15 is 0 Å². The van der Waals surface area contributed by atoms with Crippen molar-refractivity contribution in [3.05, 3.63) is 29.3 Å². The molecule has 0 aliphatic carbocycles. The summed E-state index contributed by atoms with van der Waals surface area (Å²) >= 11 is 0. The molecular weight excluding hydrogens is 155 g/mol. The monoisotopic (exact) mass is 160 g/mol. The first-order valence-corrected chi connectivity index (χ1v) is 3.27. The highest BCUT2D eigenvalue weighted by atomic mass is 19.1. The molecule has 0 atom stereocenters. The highest BCUT2D eigenvalue weighted by Gasteiger charge is 1.97. The van der Waals surface area contributed by atoms with Crippen LogP contribution in [0, 0.1) is 35.9 Å². The van der Waals surface area contributed by atoms with E-state index in [1.54, 1.807) is 13.0 Å². The quantitative estimate of drug-likeness (QED) is 0.538. The molecule has 1 aromatic rings. The number of nitriles is 1. The van der Waals surface area contributed by atoms with Crippen molar-refractivity contribution >= 4 is 0 Å². The Morgan fingerprint density at radius 1 is 1.50 bits per heavy atom. The lowest BCUT2D eigenvalue weighted by Crippen LogP contribution is -1.90. The minimum absolute atomic E-state index is 0.291. The average Bonchev–Trinajstić information content (AvgIpc) is 2.07. The summed E-state index contributed by atoms with van der Waals surface area (Å²) in [6, 6.07) is 4.37. The van der Waals surface area contributed by atoms with Crippen LogP contribution in [-0.2, 0) is 0 Å².